The van der Waals surface area contributed by atoms with E-state index in [0.29, 0.717) is 5.70 Å². The summed E-state index contributed by atoms with van der Waals surface area (Å²) in [6.07, 6.45) is 2.99. The molecule has 0 rings (SSSR count). The molecule has 5 heteroatoms. The Labute approximate surface area is 84.2 Å². The fourth-order valence-electron chi connectivity index (χ4n) is 0.866. The molecule has 0 saturated carbocycles. The van der Waals surface area contributed by atoms with Crippen molar-refractivity contribution in [1.29, 1.82) is 0 Å². The third kappa shape index (κ3) is 4.39. The minimum absolute atomic E-state index is 0.0915. The van der Waals surface area contributed by atoms with E-state index in [-0.39, 0.29) is 6.17 Å². The van der Waals surface area contributed by atoms with Gasteiger partial charge < -0.3 is 20.7 Å². The summed E-state index contributed by atoms with van der Waals surface area (Å²) < 4.78 is 4.58. The number of hydrogen-bond acceptors (Lipinski definition) is 5. The van der Waals surface area contributed by atoms with Crippen molar-refractivity contribution >= 4 is 5.97 Å². The van der Waals surface area contributed by atoms with Crippen LogP contribution in [-0.4, -0.2) is 26.3 Å². The summed E-state index contributed by atoms with van der Waals surface area (Å²) in [7, 11) is 3.04. The third-order valence-electron chi connectivity index (χ3n) is 1.43. The van der Waals surface area contributed by atoms with Crippen LogP contribution < -0.4 is 16.0 Å². The van der Waals surface area contributed by atoms with Crippen molar-refractivity contribution in [3.8, 4) is 0 Å². The lowest BCUT2D eigenvalue weighted by atomic mass is 10.4. The van der Waals surface area contributed by atoms with Crippen LogP contribution in [-0.2, 0) is 9.53 Å². The van der Waals surface area contributed by atoms with Gasteiger partial charge in [-0.3, -0.25) is 0 Å². The number of carbonyl (C=O) groups is 1. The van der Waals surface area contributed by atoms with E-state index in [9.17, 15) is 4.79 Å². The number of esters is 1. The van der Waals surface area contributed by atoms with Gasteiger partial charge in [-0.2, -0.15) is 0 Å². The lowest BCUT2D eigenvalue weighted by Crippen LogP contribution is -2.39. The Morgan fingerprint density at radius 1 is 1.57 bits per heavy atom. The van der Waals surface area contributed by atoms with E-state index in [1.165, 1.54) is 13.3 Å². The average molecular weight is 199 g/mol. The van der Waals surface area contributed by atoms with Gasteiger partial charge in [-0.1, -0.05) is 6.58 Å². The first-order valence-electron chi connectivity index (χ1n) is 4.25. The predicted octanol–water partition coefficient (Wildman–Crippen LogP) is -0.111. The second-order valence-corrected chi connectivity index (χ2v) is 2.58. The largest absolute Gasteiger partial charge is 0.464 e. The number of methoxy groups -OCH3 is 1. The summed E-state index contributed by atoms with van der Waals surface area (Å²) in [4.78, 5) is 11.2. The lowest BCUT2D eigenvalue weighted by molar-refractivity contribution is -0.136. The molecule has 0 amide bonds. The van der Waals surface area contributed by atoms with E-state index in [2.05, 4.69) is 27.3 Å². The summed E-state index contributed by atoms with van der Waals surface area (Å²) >= 11 is 0. The Balaban J connectivity index is 4.30. The van der Waals surface area contributed by atoms with Gasteiger partial charge in [0, 0.05) is 13.2 Å². The van der Waals surface area contributed by atoms with Crippen LogP contribution in [0.25, 0.3) is 0 Å². The lowest BCUT2D eigenvalue weighted by Gasteiger charge is -2.16. The van der Waals surface area contributed by atoms with Gasteiger partial charge in [0.1, 0.15) is 5.70 Å². The van der Waals surface area contributed by atoms with Crippen molar-refractivity contribution < 1.29 is 9.53 Å². The first-order valence-corrected chi connectivity index (χ1v) is 4.25. The molecule has 3 N–H and O–H groups in total. The Hall–Kier alpha value is -1.65. The topological polar surface area (TPSA) is 62.4 Å². The Bertz CT molecular complexity index is 226. The SMILES string of the molecule is C=CNC(C)N/C(=C\NC)C(=O)OC. The van der Waals surface area contributed by atoms with Crippen molar-refractivity contribution in [3.05, 3.63) is 24.7 Å². The standard InChI is InChI=1S/C9H17N3O2/c1-5-11-7(2)12-8(6-10-3)9(13)14-4/h5-7,10-12H,1H2,2-4H3/b8-6-. The molecule has 0 heterocycles. The molecule has 14 heavy (non-hydrogen) atoms. The average Bonchev–Trinajstić information content (AvgIpc) is 2.16. The van der Waals surface area contributed by atoms with E-state index in [1.54, 1.807) is 13.2 Å². The van der Waals surface area contributed by atoms with Crippen molar-refractivity contribution in [2.45, 2.75) is 13.1 Å². The van der Waals surface area contributed by atoms with Crippen LogP contribution in [0.2, 0.25) is 0 Å². The van der Waals surface area contributed by atoms with Crippen molar-refractivity contribution in [2.75, 3.05) is 14.2 Å². The molecule has 1 atom stereocenters. The fraction of sp³-hybridized carbons (Fsp3) is 0.444. The molecule has 0 fully saturated rings. The van der Waals surface area contributed by atoms with E-state index in [4.69, 9.17) is 0 Å². The summed E-state index contributed by atoms with van der Waals surface area (Å²) in [6.45, 7) is 5.37. The summed E-state index contributed by atoms with van der Waals surface area (Å²) in [5, 5.41) is 8.55. The normalized spacial score (nSPS) is 12.6. The molecule has 0 bridgehead atoms. The maximum absolute atomic E-state index is 11.2. The van der Waals surface area contributed by atoms with Gasteiger partial charge in [0.2, 0.25) is 0 Å². The number of nitrogens with one attached hydrogen (secondary N) is 3. The van der Waals surface area contributed by atoms with Crippen LogP contribution in [0.3, 0.4) is 0 Å². The molecule has 0 saturated heterocycles. The highest BCUT2D eigenvalue weighted by Crippen LogP contribution is 1.92. The summed E-state index contributed by atoms with van der Waals surface area (Å²) in [5.41, 5.74) is 0.358. The second kappa shape index (κ2) is 6.82. The van der Waals surface area contributed by atoms with Gasteiger partial charge in [0.25, 0.3) is 0 Å². The highest BCUT2D eigenvalue weighted by atomic mass is 16.5. The quantitative estimate of drug-likeness (QED) is 0.316. The van der Waals surface area contributed by atoms with Gasteiger partial charge in [-0.05, 0) is 13.1 Å². The Morgan fingerprint density at radius 3 is 2.64 bits per heavy atom. The summed E-state index contributed by atoms with van der Waals surface area (Å²) in [5.74, 6) is -0.419. The molecule has 5 nitrogen and oxygen atoms in total. The van der Waals surface area contributed by atoms with Crippen LogP contribution in [0.1, 0.15) is 6.92 Å². The number of rotatable bonds is 6. The highest BCUT2D eigenvalue weighted by Gasteiger charge is 2.10. The number of carbonyl (C=O) groups excluding carboxylic acids is 1. The molecule has 0 aliphatic heterocycles. The molecule has 80 valence electrons. The molecule has 0 aliphatic carbocycles. The van der Waals surface area contributed by atoms with Gasteiger partial charge in [-0.15, -0.1) is 0 Å². The van der Waals surface area contributed by atoms with Gasteiger partial charge in [0.05, 0.1) is 13.3 Å². The van der Waals surface area contributed by atoms with Crippen LogP contribution in [0, 0.1) is 0 Å². The second-order valence-electron chi connectivity index (χ2n) is 2.58. The van der Waals surface area contributed by atoms with E-state index in [1.807, 2.05) is 6.92 Å². The van der Waals surface area contributed by atoms with Gasteiger partial charge >= 0.3 is 5.97 Å². The molecule has 0 aromatic heterocycles. The number of hydrogen-bond donors (Lipinski definition) is 3. The zero-order valence-corrected chi connectivity index (χ0v) is 8.76. The molecule has 0 aromatic carbocycles. The fourth-order valence-corrected chi connectivity index (χ4v) is 0.866. The van der Waals surface area contributed by atoms with E-state index in [0.717, 1.165) is 0 Å². The smallest absolute Gasteiger partial charge is 0.355 e. The van der Waals surface area contributed by atoms with Crippen molar-refractivity contribution in [3.63, 3.8) is 0 Å². The molecular formula is C9H17N3O2. The molecule has 1 unspecified atom stereocenters. The van der Waals surface area contributed by atoms with E-state index >= 15 is 0 Å². The highest BCUT2D eigenvalue weighted by molar-refractivity contribution is 5.87. The first kappa shape index (κ1) is 12.3. The minimum Gasteiger partial charge on any atom is -0.464 e. The molecular weight excluding hydrogens is 182 g/mol. The predicted molar refractivity (Wildman–Crippen MR) is 55.1 cm³/mol. The molecule has 0 aromatic rings. The maximum atomic E-state index is 11.2. The van der Waals surface area contributed by atoms with Crippen molar-refractivity contribution in [1.82, 2.24) is 16.0 Å². The van der Waals surface area contributed by atoms with Gasteiger partial charge in [0.15, 0.2) is 0 Å². The van der Waals surface area contributed by atoms with Crippen LogP contribution in [0.4, 0.5) is 0 Å². The Kier molecular flexibility index (Phi) is 6.02. The molecule has 0 radical (unpaired) electrons. The van der Waals surface area contributed by atoms with Crippen molar-refractivity contribution in [2.24, 2.45) is 0 Å². The van der Waals surface area contributed by atoms with E-state index < -0.39 is 5.97 Å². The van der Waals surface area contributed by atoms with Crippen LogP contribution in [0.5, 0.6) is 0 Å². The number of ether oxygens (including phenoxy) is 1. The van der Waals surface area contributed by atoms with Crippen LogP contribution >= 0.6 is 0 Å². The third-order valence-corrected chi connectivity index (χ3v) is 1.43. The summed E-state index contributed by atoms with van der Waals surface area (Å²) in [6, 6.07) is 0. The minimum atomic E-state index is -0.419. The molecule has 0 aliphatic rings. The zero-order chi connectivity index (χ0) is 11.0. The Morgan fingerprint density at radius 2 is 2.21 bits per heavy atom. The van der Waals surface area contributed by atoms with Gasteiger partial charge in [-0.25, -0.2) is 4.79 Å². The monoisotopic (exact) mass is 199 g/mol. The maximum Gasteiger partial charge on any atom is 0.355 e. The van der Waals surface area contributed by atoms with Crippen LogP contribution in [0.15, 0.2) is 24.7 Å². The zero-order valence-electron chi connectivity index (χ0n) is 8.76. The first-order chi connectivity index (χ1) is 6.65. The molecule has 0 spiro atoms.